The minimum absolute atomic E-state index is 0.104. The van der Waals surface area contributed by atoms with E-state index in [-0.39, 0.29) is 10.6 Å². The highest BCUT2D eigenvalue weighted by Gasteiger charge is 2.27. The van der Waals surface area contributed by atoms with E-state index in [4.69, 9.17) is 0 Å². The Kier molecular flexibility index (Phi) is 3.92. The van der Waals surface area contributed by atoms with Crippen molar-refractivity contribution in [2.24, 2.45) is 5.92 Å². The van der Waals surface area contributed by atoms with Gasteiger partial charge in [0.05, 0.1) is 10.6 Å². The Bertz CT molecular complexity index is 661. The SMILES string of the molecule is O=[N+]([O-])c1ccc(N2CCCC2)cc1NNC1=CN2CCC1CC2. The number of allylic oxidation sites excluding steroid dienone is 1. The largest absolute Gasteiger partial charge is 0.376 e. The Labute approximate surface area is 141 Å². The average molecular weight is 329 g/mol. The van der Waals surface area contributed by atoms with Crippen LogP contribution in [0.2, 0.25) is 0 Å². The first-order valence-electron chi connectivity index (χ1n) is 8.72. The lowest BCUT2D eigenvalue weighted by atomic mass is 9.90. The summed E-state index contributed by atoms with van der Waals surface area (Å²) in [6.45, 7) is 4.26. The number of nitro groups is 1. The lowest BCUT2D eigenvalue weighted by Gasteiger charge is -2.39. The summed E-state index contributed by atoms with van der Waals surface area (Å²) in [7, 11) is 0. The molecule has 128 valence electrons. The molecule has 2 saturated heterocycles. The molecule has 0 saturated carbocycles. The molecule has 0 atom stereocenters. The van der Waals surface area contributed by atoms with Crippen molar-refractivity contribution in [3.05, 3.63) is 40.2 Å². The van der Waals surface area contributed by atoms with Crippen LogP contribution in [0.25, 0.3) is 0 Å². The molecule has 0 aromatic heterocycles. The predicted octanol–water partition coefficient (Wildman–Crippen LogP) is 2.68. The summed E-state index contributed by atoms with van der Waals surface area (Å²) in [5.74, 6) is 0.531. The molecule has 2 bridgehead atoms. The van der Waals surface area contributed by atoms with Crippen LogP contribution in [0.15, 0.2) is 30.1 Å². The molecule has 5 rings (SSSR count). The summed E-state index contributed by atoms with van der Waals surface area (Å²) in [6.07, 6.45) is 6.80. The van der Waals surface area contributed by atoms with E-state index >= 15 is 0 Å². The number of nitro benzene ring substituents is 1. The number of hydrogen-bond acceptors (Lipinski definition) is 6. The fourth-order valence-corrected chi connectivity index (χ4v) is 3.87. The number of rotatable bonds is 5. The quantitative estimate of drug-likeness (QED) is 0.639. The van der Waals surface area contributed by atoms with Gasteiger partial charge in [0.1, 0.15) is 5.69 Å². The second-order valence-electron chi connectivity index (χ2n) is 6.80. The Balaban J connectivity index is 1.54. The van der Waals surface area contributed by atoms with E-state index in [0.717, 1.165) is 50.4 Å². The van der Waals surface area contributed by atoms with E-state index in [9.17, 15) is 10.1 Å². The Morgan fingerprint density at radius 3 is 2.46 bits per heavy atom. The Morgan fingerprint density at radius 2 is 1.83 bits per heavy atom. The molecular formula is C17H23N5O2. The Hall–Kier alpha value is -2.44. The smallest absolute Gasteiger partial charge is 0.294 e. The highest BCUT2D eigenvalue weighted by molar-refractivity contribution is 5.69. The molecular weight excluding hydrogens is 306 g/mol. The van der Waals surface area contributed by atoms with Crippen LogP contribution in [-0.4, -0.2) is 36.0 Å². The normalized spacial score (nSPS) is 20.2. The third-order valence-corrected chi connectivity index (χ3v) is 5.28. The van der Waals surface area contributed by atoms with Crippen LogP contribution in [0.3, 0.4) is 0 Å². The molecule has 4 heterocycles. The van der Waals surface area contributed by atoms with Gasteiger partial charge in [-0.05, 0) is 37.8 Å². The molecule has 0 spiro atoms. The van der Waals surface area contributed by atoms with Crippen molar-refractivity contribution in [1.29, 1.82) is 0 Å². The lowest BCUT2D eigenvalue weighted by Crippen LogP contribution is -2.41. The first kappa shape index (κ1) is 15.1. The third kappa shape index (κ3) is 2.86. The van der Waals surface area contributed by atoms with Crippen molar-refractivity contribution < 1.29 is 4.92 Å². The van der Waals surface area contributed by atoms with Crippen molar-refractivity contribution in [1.82, 2.24) is 10.3 Å². The molecule has 0 aliphatic carbocycles. The van der Waals surface area contributed by atoms with Crippen LogP contribution >= 0.6 is 0 Å². The molecule has 4 aliphatic rings. The monoisotopic (exact) mass is 329 g/mol. The number of nitrogens with one attached hydrogen (secondary N) is 2. The maximum atomic E-state index is 11.3. The predicted molar refractivity (Wildman–Crippen MR) is 93.7 cm³/mol. The van der Waals surface area contributed by atoms with Gasteiger partial charge >= 0.3 is 0 Å². The second-order valence-corrected chi connectivity index (χ2v) is 6.80. The third-order valence-electron chi connectivity index (χ3n) is 5.28. The second kappa shape index (κ2) is 6.22. The molecule has 0 unspecified atom stereocenters. The number of nitrogens with zero attached hydrogens (tertiary/aromatic N) is 3. The maximum Gasteiger partial charge on any atom is 0.294 e. The topological polar surface area (TPSA) is 73.7 Å². The molecule has 1 aromatic carbocycles. The summed E-state index contributed by atoms with van der Waals surface area (Å²) < 4.78 is 0. The zero-order valence-electron chi connectivity index (χ0n) is 13.7. The average Bonchev–Trinajstić information content (AvgIpc) is 3.15. The Morgan fingerprint density at radius 1 is 1.08 bits per heavy atom. The van der Waals surface area contributed by atoms with Gasteiger partial charge in [-0.15, -0.1) is 0 Å². The van der Waals surface area contributed by atoms with Gasteiger partial charge in [0.25, 0.3) is 5.69 Å². The standard InChI is InChI=1S/C17H23N5O2/c23-22(24)17-4-3-14(21-7-1-2-8-21)11-15(17)18-19-16-12-20-9-5-13(16)6-10-20/h3-4,11-13,18-19H,1-2,5-10H2. The molecule has 7 nitrogen and oxygen atoms in total. The zero-order valence-corrected chi connectivity index (χ0v) is 13.7. The van der Waals surface area contributed by atoms with Crippen molar-refractivity contribution in [2.45, 2.75) is 25.7 Å². The van der Waals surface area contributed by atoms with Crippen molar-refractivity contribution in [3.63, 3.8) is 0 Å². The van der Waals surface area contributed by atoms with Crippen molar-refractivity contribution in [3.8, 4) is 0 Å². The summed E-state index contributed by atoms with van der Waals surface area (Å²) in [5.41, 5.74) is 9.14. The van der Waals surface area contributed by atoms with Gasteiger partial charge in [-0.3, -0.25) is 15.5 Å². The highest BCUT2D eigenvalue weighted by Crippen LogP contribution is 2.32. The lowest BCUT2D eigenvalue weighted by molar-refractivity contribution is -0.384. The van der Waals surface area contributed by atoms with Crippen LogP contribution < -0.4 is 15.8 Å². The van der Waals surface area contributed by atoms with Gasteiger partial charge in [0.2, 0.25) is 0 Å². The number of hydrogen-bond donors (Lipinski definition) is 2. The van der Waals surface area contributed by atoms with Gasteiger partial charge in [-0.1, -0.05) is 0 Å². The van der Waals surface area contributed by atoms with Crippen LogP contribution in [0.5, 0.6) is 0 Å². The molecule has 0 radical (unpaired) electrons. The minimum Gasteiger partial charge on any atom is -0.376 e. The van der Waals surface area contributed by atoms with Gasteiger partial charge < -0.3 is 15.2 Å². The van der Waals surface area contributed by atoms with E-state index in [1.54, 1.807) is 6.07 Å². The van der Waals surface area contributed by atoms with E-state index in [1.807, 2.05) is 12.1 Å². The van der Waals surface area contributed by atoms with Crippen molar-refractivity contribution >= 4 is 17.1 Å². The van der Waals surface area contributed by atoms with Crippen LogP contribution in [0.1, 0.15) is 25.7 Å². The fourth-order valence-electron chi connectivity index (χ4n) is 3.87. The van der Waals surface area contributed by atoms with Gasteiger partial charge in [0.15, 0.2) is 0 Å². The zero-order chi connectivity index (χ0) is 16.5. The van der Waals surface area contributed by atoms with E-state index in [0.29, 0.717) is 11.6 Å². The van der Waals surface area contributed by atoms with E-state index in [2.05, 4.69) is 26.9 Å². The molecule has 0 amide bonds. The van der Waals surface area contributed by atoms with Crippen molar-refractivity contribution in [2.75, 3.05) is 36.5 Å². The van der Waals surface area contributed by atoms with E-state index < -0.39 is 0 Å². The minimum atomic E-state index is -0.331. The number of piperidine rings is 1. The number of benzene rings is 1. The molecule has 7 heteroatoms. The van der Waals surface area contributed by atoms with Crippen LogP contribution in [0, 0.1) is 16.0 Å². The molecule has 2 fully saturated rings. The molecule has 24 heavy (non-hydrogen) atoms. The van der Waals surface area contributed by atoms with Gasteiger partial charge in [-0.2, -0.15) is 0 Å². The summed E-state index contributed by atoms with van der Waals surface area (Å²) in [5, 5.41) is 11.3. The molecule has 1 aromatic rings. The summed E-state index contributed by atoms with van der Waals surface area (Å²) >= 11 is 0. The number of anilines is 2. The van der Waals surface area contributed by atoms with Gasteiger partial charge in [-0.25, -0.2) is 0 Å². The molecule has 4 aliphatic heterocycles. The highest BCUT2D eigenvalue weighted by atomic mass is 16.6. The summed E-state index contributed by atoms with van der Waals surface area (Å²) in [4.78, 5) is 15.6. The first-order valence-corrected chi connectivity index (χ1v) is 8.72. The number of fused-ring (bicyclic) bond motifs is 2. The van der Waals surface area contributed by atoms with E-state index in [1.165, 1.54) is 12.8 Å². The molecule has 2 N–H and O–H groups in total. The number of hydrazine groups is 1. The maximum absolute atomic E-state index is 11.3. The van der Waals surface area contributed by atoms with Crippen LogP contribution in [0.4, 0.5) is 17.1 Å². The fraction of sp³-hybridized carbons (Fsp3) is 0.529. The summed E-state index contributed by atoms with van der Waals surface area (Å²) in [6, 6.07) is 5.34. The van der Waals surface area contributed by atoms with Gasteiger partial charge in [0, 0.05) is 50.1 Å². The van der Waals surface area contributed by atoms with Crippen LogP contribution in [-0.2, 0) is 0 Å². The first-order chi connectivity index (χ1) is 11.7.